The Morgan fingerprint density at radius 2 is 2.20 bits per heavy atom. The molecule has 0 fully saturated rings. The Kier molecular flexibility index (Phi) is 4.89. The van der Waals surface area contributed by atoms with Gasteiger partial charge in [-0.15, -0.1) is 11.8 Å². The Hall–Kier alpha value is -1.69. The summed E-state index contributed by atoms with van der Waals surface area (Å²) in [6.45, 7) is 6.65. The van der Waals surface area contributed by atoms with E-state index in [9.17, 15) is 0 Å². The molecule has 0 aliphatic rings. The number of nitrogens with zero attached hydrogens (tertiary/aromatic N) is 2. The van der Waals surface area contributed by atoms with Crippen molar-refractivity contribution in [1.82, 2.24) is 10.1 Å². The van der Waals surface area contributed by atoms with Crippen LogP contribution in [0.1, 0.15) is 38.4 Å². The van der Waals surface area contributed by atoms with E-state index in [-0.39, 0.29) is 5.92 Å². The van der Waals surface area contributed by atoms with Crippen molar-refractivity contribution < 1.29 is 9.26 Å². The maximum Gasteiger partial charge on any atom is 0.237 e. The zero-order valence-corrected chi connectivity index (χ0v) is 12.7. The largest absolute Gasteiger partial charge is 0.494 e. The van der Waals surface area contributed by atoms with Crippen LogP contribution in [-0.4, -0.2) is 16.7 Å². The zero-order chi connectivity index (χ0) is 14.5. The highest BCUT2D eigenvalue weighted by Crippen LogP contribution is 2.31. The highest BCUT2D eigenvalue weighted by molar-refractivity contribution is 7.98. The number of anilines is 1. The Morgan fingerprint density at radius 1 is 1.40 bits per heavy atom. The third kappa shape index (κ3) is 3.66. The molecule has 1 heterocycles. The average Bonchev–Trinajstić information content (AvgIpc) is 2.89. The van der Waals surface area contributed by atoms with Crippen LogP contribution in [0.2, 0.25) is 0 Å². The number of hydrogen-bond donors (Lipinski definition) is 1. The summed E-state index contributed by atoms with van der Waals surface area (Å²) in [5, 5.41) is 3.94. The third-order valence-electron chi connectivity index (χ3n) is 2.65. The molecule has 0 aliphatic heterocycles. The van der Waals surface area contributed by atoms with E-state index in [2.05, 4.69) is 10.1 Å². The van der Waals surface area contributed by atoms with Crippen LogP contribution in [0.5, 0.6) is 5.75 Å². The number of thioether (sulfide) groups is 1. The van der Waals surface area contributed by atoms with Crippen molar-refractivity contribution in [3.8, 4) is 5.75 Å². The summed E-state index contributed by atoms with van der Waals surface area (Å²) in [6.07, 6.45) is 0. The summed E-state index contributed by atoms with van der Waals surface area (Å²) in [4.78, 5) is 5.30. The van der Waals surface area contributed by atoms with Crippen molar-refractivity contribution >= 4 is 17.4 Å². The van der Waals surface area contributed by atoms with Crippen molar-refractivity contribution in [2.45, 2.75) is 37.3 Å². The molecule has 0 radical (unpaired) electrons. The highest BCUT2D eigenvalue weighted by Gasteiger charge is 2.11. The van der Waals surface area contributed by atoms with Gasteiger partial charge in [-0.3, -0.25) is 0 Å². The molecule has 1 aromatic carbocycles. The molecule has 1 aromatic heterocycles. The fraction of sp³-hybridized carbons (Fsp3) is 0.429. The van der Waals surface area contributed by atoms with Crippen LogP contribution in [0, 0.1) is 0 Å². The molecule has 20 heavy (non-hydrogen) atoms. The molecule has 2 rings (SSSR count). The van der Waals surface area contributed by atoms with Gasteiger partial charge in [0.1, 0.15) is 5.75 Å². The van der Waals surface area contributed by atoms with Gasteiger partial charge in [-0.2, -0.15) is 4.98 Å². The van der Waals surface area contributed by atoms with E-state index in [1.54, 1.807) is 11.8 Å². The molecule has 0 saturated carbocycles. The predicted molar refractivity (Wildman–Crippen MR) is 80.0 cm³/mol. The number of rotatable bonds is 6. The Balaban J connectivity index is 2.03. The summed E-state index contributed by atoms with van der Waals surface area (Å²) in [5.41, 5.74) is 6.68. The Morgan fingerprint density at radius 3 is 2.85 bits per heavy atom. The molecule has 0 amide bonds. The lowest BCUT2D eigenvalue weighted by molar-refractivity contribution is 0.339. The molecular weight excluding hydrogens is 274 g/mol. The van der Waals surface area contributed by atoms with E-state index in [1.807, 2.05) is 39.0 Å². The molecule has 0 saturated heterocycles. The summed E-state index contributed by atoms with van der Waals surface area (Å²) >= 11 is 1.56. The zero-order valence-electron chi connectivity index (χ0n) is 11.9. The Labute approximate surface area is 122 Å². The second kappa shape index (κ2) is 6.65. The maximum absolute atomic E-state index is 5.96. The van der Waals surface area contributed by atoms with Crippen molar-refractivity contribution in [1.29, 1.82) is 0 Å². The molecular formula is C14H19N3O2S. The minimum absolute atomic E-state index is 0.267. The monoisotopic (exact) mass is 293 g/mol. The molecule has 0 atom stereocenters. The van der Waals surface area contributed by atoms with E-state index >= 15 is 0 Å². The van der Waals surface area contributed by atoms with Crippen LogP contribution < -0.4 is 10.5 Å². The Bertz CT molecular complexity index is 569. The normalized spacial score (nSPS) is 11.0. The standard InChI is InChI=1S/C14H19N3O2S/c1-4-18-10-5-6-11(15)12(7-10)20-8-13-16-14(9(2)3)17-19-13/h5-7,9H,4,8,15H2,1-3H3. The molecule has 0 bridgehead atoms. The van der Waals surface area contributed by atoms with Crippen molar-refractivity contribution in [3.63, 3.8) is 0 Å². The van der Waals surface area contributed by atoms with Crippen LogP contribution in [0.25, 0.3) is 0 Å². The molecule has 108 valence electrons. The fourth-order valence-electron chi connectivity index (χ4n) is 1.60. The van der Waals surface area contributed by atoms with Crippen molar-refractivity contribution in [2.24, 2.45) is 0 Å². The fourth-order valence-corrected chi connectivity index (χ4v) is 2.43. The molecule has 0 unspecified atom stereocenters. The molecule has 2 N–H and O–H groups in total. The van der Waals surface area contributed by atoms with Gasteiger partial charge in [-0.05, 0) is 25.1 Å². The summed E-state index contributed by atoms with van der Waals surface area (Å²) < 4.78 is 10.7. The second-order valence-electron chi connectivity index (χ2n) is 4.62. The topological polar surface area (TPSA) is 74.2 Å². The van der Waals surface area contributed by atoms with Gasteiger partial charge in [-0.1, -0.05) is 19.0 Å². The van der Waals surface area contributed by atoms with E-state index in [0.29, 0.717) is 18.3 Å². The minimum Gasteiger partial charge on any atom is -0.494 e. The first-order valence-corrected chi connectivity index (χ1v) is 7.56. The van der Waals surface area contributed by atoms with Gasteiger partial charge >= 0.3 is 0 Å². The smallest absolute Gasteiger partial charge is 0.237 e. The average molecular weight is 293 g/mol. The maximum atomic E-state index is 5.96. The van der Waals surface area contributed by atoms with E-state index in [0.717, 1.165) is 22.2 Å². The number of nitrogen functional groups attached to an aromatic ring is 1. The number of ether oxygens (including phenoxy) is 1. The lowest BCUT2D eigenvalue weighted by atomic mass is 10.2. The van der Waals surface area contributed by atoms with E-state index < -0.39 is 0 Å². The lowest BCUT2D eigenvalue weighted by Crippen LogP contribution is -1.94. The number of hydrogen-bond acceptors (Lipinski definition) is 6. The third-order valence-corrected chi connectivity index (χ3v) is 3.70. The minimum atomic E-state index is 0.267. The van der Waals surface area contributed by atoms with Crippen LogP contribution >= 0.6 is 11.8 Å². The van der Waals surface area contributed by atoms with Gasteiger partial charge in [0.05, 0.1) is 12.4 Å². The summed E-state index contributed by atoms with van der Waals surface area (Å²) in [7, 11) is 0. The summed E-state index contributed by atoms with van der Waals surface area (Å²) in [6, 6.07) is 5.65. The van der Waals surface area contributed by atoms with E-state index in [1.165, 1.54) is 0 Å². The molecule has 0 aliphatic carbocycles. The van der Waals surface area contributed by atoms with Crippen LogP contribution in [-0.2, 0) is 5.75 Å². The quantitative estimate of drug-likeness (QED) is 0.649. The number of aromatic nitrogens is 2. The van der Waals surface area contributed by atoms with Gasteiger partial charge in [0, 0.05) is 16.5 Å². The number of benzene rings is 1. The van der Waals surface area contributed by atoms with Crippen LogP contribution in [0.3, 0.4) is 0 Å². The molecule has 6 heteroatoms. The second-order valence-corrected chi connectivity index (χ2v) is 5.64. The van der Waals surface area contributed by atoms with Crippen LogP contribution in [0.15, 0.2) is 27.6 Å². The lowest BCUT2D eigenvalue weighted by Gasteiger charge is -2.07. The first kappa shape index (κ1) is 14.7. The van der Waals surface area contributed by atoms with Gasteiger partial charge in [0.15, 0.2) is 5.82 Å². The van der Waals surface area contributed by atoms with Crippen molar-refractivity contribution in [3.05, 3.63) is 29.9 Å². The van der Waals surface area contributed by atoms with Gasteiger partial charge in [0.25, 0.3) is 0 Å². The molecule has 2 aromatic rings. The van der Waals surface area contributed by atoms with Crippen molar-refractivity contribution in [2.75, 3.05) is 12.3 Å². The van der Waals surface area contributed by atoms with Gasteiger partial charge < -0.3 is 15.0 Å². The van der Waals surface area contributed by atoms with Crippen LogP contribution in [0.4, 0.5) is 5.69 Å². The molecule has 5 nitrogen and oxygen atoms in total. The highest BCUT2D eigenvalue weighted by atomic mass is 32.2. The van der Waals surface area contributed by atoms with E-state index in [4.69, 9.17) is 15.0 Å². The SMILES string of the molecule is CCOc1ccc(N)c(SCc2nc(C(C)C)no2)c1. The van der Waals surface area contributed by atoms with Gasteiger partial charge in [0.2, 0.25) is 5.89 Å². The van der Waals surface area contributed by atoms with Gasteiger partial charge in [-0.25, -0.2) is 0 Å². The predicted octanol–water partition coefficient (Wildman–Crippen LogP) is 3.47. The first-order chi connectivity index (χ1) is 9.60. The number of nitrogens with two attached hydrogens (primary N) is 1. The summed E-state index contributed by atoms with van der Waals surface area (Å²) in [5.74, 6) is 3.03. The molecule has 0 spiro atoms. The first-order valence-electron chi connectivity index (χ1n) is 6.57.